The van der Waals surface area contributed by atoms with Crippen LogP contribution in [0.5, 0.6) is 0 Å². The van der Waals surface area contributed by atoms with Gasteiger partial charge in [-0.2, -0.15) is 0 Å². The third kappa shape index (κ3) is 4.89. The molecule has 1 saturated heterocycles. The van der Waals surface area contributed by atoms with Crippen molar-refractivity contribution in [3.05, 3.63) is 39.8 Å². The van der Waals surface area contributed by atoms with Gasteiger partial charge in [0.1, 0.15) is 9.88 Å². The Morgan fingerprint density at radius 1 is 1.15 bits per heavy atom. The molecular formula is C19H24N4O2S. The van der Waals surface area contributed by atoms with Crippen LogP contribution in [0, 0.1) is 6.92 Å². The normalized spacial score (nSPS) is 14.8. The number of hydrogen-bond acceptors (Lipinski definition) is 5. The maximum Gasteiger partial charge on any atom is 0.267 e. The van der Waals surface area contributed by atoms with E-state index in [1.807, 2.05) is 6.92 Å². The van der Waals surface area contributed by atoms with E-state index < -0.39 is 0 Å². The molecule has 0 aliphatic carbocycles. The second kappa shape index (κ2) is 8.42. The summed E-state index contributed by atoms with van der Waals surface area (Å²) in [5, 5.41) is 6.60. The summed E-state index contributed by atoms with van der Waals surface area (Å²) in [4.78, 5) is 31.4. The third-order valence-electron chi connectivity index (χ3n) is 4.30. The molecule has 6 nitrogen and oxygen atoms in total. The molecule has 2 amide bonds. The monoisotopic (exact) mass is 372 g/mol. The summed E-state index contributed by atoms with van der Waals surface area (Å²) >= 11 is 1.46. The van der Waals surface area contributed by atoms with Crippen LogP contribution in [-0.2, 0) is 11.3 Å². The Morgan fingerprint density at radius 2 is 1.85 bits per heavy atom. The lowest BCUT2D eigenvalue weighted by molar-refractivity contribution is -0.114. The summed E-state index contributed by atoms with van der Waals surface area (Å²) < 4.78 is 0. The fourth-order valence-corrected chi connectivity index (χ4v) is 4.11. The number of carbonyl (C=O) groups excluding carboxylic acids is 2. The lowest BCUT2D eigenvalue weighted by Gasteiger charge is -2.25. The van der Waals surface area contributed by atoms with Crippen LogP contribution in [0.4, 0.5) is 11.4 Å². The largest absolute Gasteiger partial charge is 0.326 e. The van der Waals surface area contributed by atoms with Gasteiger partial charge in [-0.3, -0.25) is 14.5 Å². The Morgan fingerprint density at radius 3 is 2.54 bits per heavy atom. The summed E-state index contributed by atoms with van der Waals surface area (Å²) in [6.07, 6.45) is 3.78. The van der Waals surface area contributed by atoms with Crippen LogP contribution in [0.15, 0.2) is 24.3 Å². The Balaban J connectivity index is 1.67. The minimum Gasteiger partial charge on any atom is -0.326 e. The molecule has 1 aromatic carbocycles. The molecule has 7 heteroatoms. The average Bonchev–Trinajstić information content (AvgIpc) is 2.96. The van der Waals surface area contributed by atoms with E-state index in [4.69, 9.17) is 0 Å². The molecule has 1 aromatic heterocycles. The maximum atomic E-state index is 12.6. The van der Waals surface area contributed by atoms with Crippen molar-refractivity contribution in [1.29, 1.82) is 0 Å². The summed E-state index contributed by atoms with van der Waals surface area (Å²) in [6.45, 7) is 6.36. The molecule has 2 N–H and O–H groups in total. The van der Waals surface area contributed by atoms with Gasteiger partial charge in [0.15, 0.2) is 0 Å². The molecule has 0 radical (unpaired) electrons. The number of hydrogen-bond donors (Lipinski definition) is 2. The second-order valence-electron chi connectivity index (χ2n) is 6.58. The number of nitrogens with zero attached hydrogens (tertiary/aromatic N) is 2. The van der Waals surface area contributed by atoms with Gasteiger partial charge in [0.05, 0.1) is 12.2 Å². The zero-order valence-corrected chi connectivity index (χ0v) is 16.0. The maximum absolute atomic E-state index is 12.6. The van der Waals surface area contributed by atoms with Crippen LogP contribution in [0.25, 0.3) is 0 Å². The number of benzene rings is 1. The lowest BCUT2D eigenvalue weighted by Crippen LogP contribution is -2.28. The molecule has 0 saturated carbocycles. The van der Waals surface area contributed by atoms with Gasteiger partial charge in [0.25, 0.3) is 5.91 Å². The Kier molecular flexibility index (Phi) is 6.00. The number of anilines is 2. The number of aromatic nitrogens is 1. The number of piperidine rings is 1. The first-order valence-electron chi connectivity index (χ1n) is 8.89. The van der Waals surface area contributed by atoms with Crippen molar-refractivity contribution in [2.24, 2.45) is 0 Å². The number of rotatable bonds is 5. The molecule has 2 heterocycles. The van der Waals surface area contributed by atoms with Gasteiger partial charge in [-0.1, -0.05) is 12.5 Å². The molecule has 1 aliphatic heterocycles. The fraction of sp³-hybridized carbons (Fsp3) is 0.421. The van der Waals surface area contributed by atoms with E-state index in [0.717, 1.165) is 30.3 Å². The third-order valence-corrected chi connectivity index (χ3v) is 5.44. The van der Waals surface area contributed by atoms with Crippen LogP contribution in [0.1, 0.15) is 46.6 Å². The highest BCUT2D eigenvalue weighted by Gasteiger charge is 2.18. The molecule has 0 unspecified atom stereocenters. The lowest BCUT2D eigenvalue weighted by atomic mass is 10.1. The Hall–Kier alpha value is -2.25. The van der Waals surface area contributed by atoms with Gasteiger partial charge in [-0.15, -0.1) is 11.3 Å². The van der Waals surface area contributed by atoms with Gasteiger partial charge in [-0.25, -0.2) is 4.98 Å². The van der Waals surface area contributed by atoms with Crippen molar-refractivity contribution in [2.75, 3.05) is 23.7 Å². The van der Waals surface area contributed by atoms with Gasteiger partial charge in [-0.05, 0) is 51.1 Å². The van der Waals surface area contributed by atoms with Crippen LogP contribution < -0.4 is 10.6 Å². The molecule has 2 aromatic rings. The van der Waals surface area contributed by atoms with E-state index in [1.54, 1.807) is 24.3 Å². The number of amides is 2. The molecule has 0 bridgehead atoms. The zero-order valence-electron chi connectivity index (χ0n) is 15.2. The number of carbonyl (C=O) groups is 2. The number of nitrogens with one attached hydrogen (secondary N) is 2. The number of aryl methyl sites for hydroxylation is 1. The second-order valence-corrected chi connectivity index (χ2v) is 7.66. The van der Waals surface area contributed by atoms with Crippen molar-refractivity contribution in [2.45, 2.75) is 39.7 Å². The number of thiazole rings is 1. The van der Waals surface area contributed by atoms with Crippen LogP contribution >= 0.6 is 11.3 Å². The highest BCUT2D eigenvalue weighted by Crippen LogP contribution is 2.23. The van der Waals surface area contributed by atoms with Crippen LogP contribution in [0.2, 0.25) is 0 Å². The Bertz CT molecular complexity index is 797. The first-order valence-corrected chi connectivity index (χ1v) is 9.70. The van der Waals surface area contributed by atoms with E-state index in [9.17, 15) is 9.59 Å². The van der Waals surface area contributed by atoms with Crippen LogP contribution in [-0.4, -0.2) is 34.8 Å². The molecule has 3 rings (SSSR count). The number of likely N-dealkylation sites (tertiary alicyclic amines) is 1. The van der Waals surface area contributed by atoms with Gasteiger partial charge >= 0.3 is 0 Å². The molecule has 0 spiro atoms. The fourth-order valence-electron chi connectivity index (χ4n) is 3.11. The summed E-state index contributed by atoms with van der Waals surface area (Å²) in [5.74, 6) is -0.306. The predicted octanol–water partition coefficient (Wildman–Crippen LogP) is 3.65. The van der Waals surface area contributed by atoms with E-state index in [1.165, 1.54) is 37.5 Å². The topological polar surface area (TPSA) is 74.3 Å². The van der Waals surface area contributed by atoms with Crippen molar-refractivity contribution in [3.8, 4) is 0 Å². The SMILES string of the molecule is CC(=O)Nc1cccc(NC(=O)c2sc(CN3CCCCC3)nc2C)c1. The minimum atomic E-state index is -0.162. The van der Waals surface area contributed by atoms with Crippen LogP contribution in [0.3, 0.4) is 0 Å². The Labute approximate surface area is 157 Å². The van der Waals surface area contributed by atoms with Gasteiger partial charge in [0, 0.05) is 18.3 Å². The minimum absolute atomic E-state index is 0.144. The molecule has 1 fully saturated rings. The summed E-state index contributed by atoms with van der Waals surface area (Å²) in [5.41, 5.74) is 2.06. The van der Waals surface area contributed by atoms with E-state index in [2.05, 4.69) is 20.5 Å². The van der Waals surface area contributed by atoms with Crippen molar-refractivity contribution in [1.82, 2.24) is 9.88 Å². The quantitative estimate of drug-likeness (QED) is 0.840. The highest BCUT2D eigenvalue weighted by molar-refractivity contribution is 7.13. The summed E-state index contributed by atoms with van der Waals surface area (Å²) in [6, 6.07) is 7.12. The first-order chi connectivity index (χ1) is 12.5. The van der Waals surface area contributed by atoms with E-state index >= 15 is 0 Å². The predicted molar refractivity (Wildman–Crippen MR) is 105 cm³/mol. The highest BCUT2D eigenvalue weighted by atomic mass is 32.1. The molecular weight excluding hydrogens is 348 g/mol. The van der Waals surface area contributed by atoms with Gasteiger partial charge < -0.3 is 10.6 Å². The van der Waals surface area contributed by atoms with Crippen molar-refractivity contribution < 1.29 is 9.59 Å². The van der Waals surface area contributed by atoms with E-state index in [0.29, 0.717) is 16.3 Å². The van der Waals surface area contributed by atoms with E-state index in [-0.39, 0.29) is 11.8 Å². The van der Waals surface area contributed by atoms with Gasteiger partial charge in [0.2, 0.25) is 5.91 Å². The molecule has 26 heavy (non-hydrogen) atoms. The standard InChI is InChI=1S/C19H24N4O2S/c1-13-18(26-17(20-13)12-23-9-4-3-5-10-23)19(25)22-16-8-6-7-15(11-16)21-14(2)24/h6-8,11H,3-5,9-10,12H2,1-2H3,(H,21,24)(H,22,25). The van der Waals surface area contributed by atoms with Crippen molar-refractivity contribution in [3.63, 3.8) is 0 Å². The average molecular weight is 372 g/mol. The molecule has 1 aliphatic rings. The smallest absolute Gasteiger partial charge is 0.267 e. The zero-order chi connectivity index (χ0) is 18.5. The summed E-state index contributed by atoms with van der Waals surface area (Å²) in [7, 11) is 0. The first kappa shape index (κ1) is 18.5. The molecule has 0 atom stereocenters. The molecule has 138 valence electrons. The van der Waals surface area contributed by atoms with Crippen molar-refractivity contribution >= 4 is 34.5 Å².